The van der Waals surface area contributed by atoms with E-state index < -0.39 is 5.56 Å². The van der Waals surface area contributed by atoms with E-state index in [0.717, 1.165) is 0 Å². The number of hydrogen-bond donors (Lipinski definition) is 2. The lowest BCUT2D eigenvalue weighted by Crippen LogP contribution is -2.08. The molecule has 5 nitrogen and oxygen atoms in total. The number of fused-ring (bicyclic) bond motifs is 1. The first-order valence-electron chi connectivity index (χ1n) is 3.97. The molecule has 70 valence electrons. The van der Waals surface area contributed by atoms with Crippen molar-refractivity contribution in [1.29, 1.82) is 0 Å². The molecule has 0 amide bonds. The van der Waals surface area contributed by atoms with Crippen molar-refractivity contribution in [1.82, 2.24) is 9.97 Å². The largest absolute Gasteiger partial charge is 0.297 e. The smallest absolute Gasteiger partial charge is 0.291 e. The summed E-state index contributed by atoms with van der Waals surface area (Å²) in [7, 11) is 0. The maximum absolute atomic E-state index is 11.3. The molecule has 0 unspecified atom stereocenters. The first kappa shape index (κ1) is 8.58. The van der Waals surface area contributed by atoms with Gasteiger partial charge in [0.05, 0.1) is 17.2 Å². The van der Waals surface area contributed by atoms with E-state index in [9.17, 15) is 4.79 Å². The summed E-state index contributed by atoms with van der Waals surface area (Å²) in [5.74, 6) is 0. The third-order valence-corrected chi connectivity index (χ3v) is 1.79. The van der Waals surface area contributed by atoms with Crippen LogP contribution in [0.5, 0.6) is 0 Å². The molecule has 0 bridgehead atoms. The molecule has 2 N–H and O–H groups in total. The molecule has 2 rings (SSSR count). The maximum atomic E-state index is 11.3. The van der Waals surface area contributed by atoms with Gasteiger partial charge in [-0.15, -0.1) is 0 Å². The zero-order valence-corrected chi connectivity index (χ0v) is 7.14. The average molecular weight is 189 g/mol. The minimum Gasteiger partial charge on any atom is -0.291 e. The van der Waals surface area contributed by atoms with Crippen LogP contribution in [0, 0.1) is 0 Å². The molecule has 0 aliphatic heterocycles. The van der Waals surface area contributed by atoms with Crippen molar-refractivity contribution in [3.05, 3.63) is 40.8 Å². The van der Waals surface area contributed by atoms with E-state index in [1.807, 2.05) is 0 Å². The molecule has 5 heteroatoms. The van der Waals surface area contributed by atoms with Gasteiger partial charge in [-0.2, -0.15) is 0 Å². The van der Waals surface area contributed by atoms with E-state index in [-0.39, 0.29) is 5.69 Å². The third kappa shape index (κ3) is 1.40. The Hall–Kier alpha value is -2.01. The van der Waals surface area contributed by atoms with E-state index in [0.29, 0.717) is 11.0 Å². The Morgan fingerprint density at radius 3 is 2.64 bits per heavy atom. The average Bonchev–Trinajstić information content (AvgIpc) is 2.36. The first-order chi connectivity index (χ1) is 6.81. The summed E-state index contributed by atoms with van der Waals surface area (Å²) in [6.07, 6.45) is 1.25. The molecule has 0 fully saturated rings. The van der Waals surface area contributed by atoms with Crippen molar-refractivity contribution in [2.75, 3.05) is 5.48 Å². The highest BCUT2D eigenvalue weighted by atomic mass is 16.5. The molecule has 0 saturated carbocycles. The molecule has 0 aliphatic rings. The van der Waals surface area contributed by atoms with Crippen molar-refractivity contribution < 1.29 is 5.21 Å². The summed E-state index contributed by atoms with van der Waals surface area (Å²) in [4.78, 5) is 19.0. The summed E-state index contributed by atoms with van der Waals surface area (Å²) in [6, 6.07) is 6.99. The van der Waals surface area contributed by atoms with Crippen LogP contribution >= 0.6 is 0 Å². The van der Waals surface area contributed by atoms with Gasteiger partial charge in [-0.3, -0.25) is 20.5 Å². The number of anilines is 1. The zero-order chi connectivity index (χ0) is 9.97. The number of nitrogens with one attached hydrogen (secondary N) is 1. The summed E-state index contributed by atoms with van der Waals surface area (Å²) < 4.78 is 0. The Balaban J connectivity index is 2.86. The second-order valence-electron chi connectivity index (χ2n) is 2.69. The molecule has 1 aromatic carbocycles. The summed E-state index contributed by atoms with van der Waals surface area (Å²) in [6.45, 7) is 0. The quantitative estimate of drug-likeness (QED) is 0.649. The van der Waals surface area contributed by atoms with E-state index >= 15 is 0 Å². The van der Waals surface area contributed by atoms with Gasteiger partial charge in [0.2, 0.25) is 0 Å². The molecular weight excluding hydrogens is 182 g/mol. The molecule has 1 aromatic heterocycles. The van der Waals surface area contributed by atoms with Gasteiger partial charge in [0.1, 0.15) is 5.69 Å². The van der Waals surface area contributed by atoms with Crippen LogP contribution in [0.1, 0.15) is 0 Å². The standard InChI is InChI=1S/C9H7N3O2/c13-9-8(12-14)5-10-6-3-1-2-4-7(6)11-9/h1-5,14H,(H,11,12,13). The summed E-state index contributed by atoms with van der Waals surface area (Å²) >= 11 is 0. The first-order valence-corrected chi connectivity index (χ1v) is 3.97. The number of hydrogen-bond acceptors (Lipinski definition) is 5. The van der Waals surface area contributed by atoms with Gasteiger partial charge in [0.15, 0.2) is 0 Å². The van der Waals surface area contributed by atoms with Crippen LogP contribution in [-0.4, -0.2) is 15.2 Å². The summed E-state index contributed by atoms with van der Waals surface area (Å²) in [5.41, 5.74) is 2.27. The second kappa shape index (κ2) is 3.39. The molecule has 14 heavy (non-hydrogen) atoms. The van der Waals surface area contributed by atoms with Gasteiger partial charge >= 0.3 is 0 Å². The van der Waals surface area contributed by atoms with Crippen molar-refractivity contribution in [3.63, 3.8) is 0 Å². The van der Waals surface area contributed by atoms with E-state index in [4.69, 9.17) is 5.21 Å². The fraction of sp³-hybridized carbons (Fsp3) is 0. The minimum absolute atomic E-state index is 0.0406. The van der Waals surface area contributed by atoms with Gasteiger partial charge in [0.25, 0.3) is 5.56 Å². The Kier molecular flexibility index (Phi) is 2.08. The number of benzene rings is 1. The molecule has 0 radical (unpaired) electrons. The topological polar surface area (TPSA) is 75.1 Å². The normalized spacial score (nSPS) is 10.1. The van der Waals surface area contributed by atoms with Crippen LogP contribution < -0.4 is 11.0 Å². The van der Waals surface area contributed by atoms with Crippen molar-refractivity contribution in [3.8, 4) is 0 Å². The molecular formula is C9H7N3O2. The highest BCUT2D eigenvalue weighted by Crippen LogP contribution is 2.05. The highest BCUT2D eigenvalue weighted by Gasteiger charge is 1.98. The number of para-hydroxylation sites is 2. The highest BCUT2D eigenvalue weighted by molar-refractivity contribution is 5.73. The Labute approximate surface area is 79.0 Å². The van der Waals surface area contributed by atoms with Crippen LogP contribution in [0.3, 0.4) is 0 Å². The lowest BCUT2D eigenvalue weighted by molar-refractivity contribution is 0.388. The molecule has 0 spiro atoms. The van der Waals surface area contributed by atoms with Crippen molar-refractivity contribution >= 4 is 16.7 Å². The van der Waals surface area contributed by atoms with Crippen LogP contribution in [-0.2, 0) is 0 Å². The Morgan fingerprint density at radius 1 is 1.21 bits per heavy atom. The second-order valence-corrected chi connectivity index (χ2v) is 2.69. The van der Waals surface area contributed by atoms with E-state index in [1.165, 1.54) is 6.20 Å². The third-order valence-electron chi connectivity index (χ3n) is 1.79. The molecule has 0 aliphatic carbocycles. The predicted octanol–water partition coefficient (Wildman–Crippen LogP) is 0.791. The van der Waals surface area contributed by atoms with Crippen LogP contribution in [0.15, 0.2) is 35.3 Å². The van der Waals surface area contributed by atoms with Crippen LogP contribution in [0.25, 0.3) is 11.0 Å². The van der Waals surface area contributed by atoms with Gasteiger partial charge in [-0.05, 0) is 12.1 Å². The van der Waals surface area contributed by atoms with Crippen LogP contribution in [0.4, 0.5) is 5.69 Å². The van der Waals surface area contributed by atoms with Crippen molar-refractivity contribution in [2.24, 2.45) is 0 Å². The number of nitrogens with zero attached hydrogens (tertiary/aromatic N) is 2. The lowest BCUT2D eigenvalue weighted by atomic mass is 10.3. The Bertz CT molecular complexity index is 527. The van der Waals surface area contributed by atoms with Gasteiger partial charge in [-0.25, -0.2) is 4.98 Å². The summed E-state index contributed by atoms with van der Waals surface area (Å²) in [5, 5.41) is 8.61. The molecule has 0 atom stereocenters. The minimum atomic E-state index is -0.541. The predicted molar refractivity (Wildman–Crippen MR) is 51.2 cm³/mol. The zero-order valence-electron chi connectivity index (χ0n) is 7.14. The number of rotatable bonds is 1. The molecule has 0 saturated heterocycles. The fourth-order valence-electron chi connectivity index (χ4n) is 1.10. The van der Waals surface area contributed by atoms with Crippen LogP contribution in [0.2, 0.25) is 0 Å². The van der Waals surface area contributed by atoms with E-state index in [1.54, 1.807) is 29.7 Å². The maximum Gasteiger partial charge on any atom is 0.297 e. The fourth-order valence-corrected chi connectivity index (χ4v) is 1.10. The number of aromatic nitrogens is 2. The lowest BCUT2D eigenvalue weighted by Gasteiger charge is -1.86. The monoisotopic (exact) mass is 189 g/mol. The molecule has 1 heterocycles. The Morgan fingerprint density at radius 2 is 1.93 bits per heavy atom. The molecule has 2 aromatic rings. The van der Waals surface area contributed by atoms with Crippen molar-refractivity contribution in [2.45, 2.75) is 0 Å². The van der Waals surface area contributed by atoms with Gasteiger partial charge in [0, 0.05) is 0 Å². The van der Waals surface area contributed by atoms with Gasteiger partial charge in [-0.1, -0.05) is 12.1 Å². The van der Waals surface area contributed by atoms with E-state index in [2.05, 4.69) is 9.97 Å². The SMILES string of the molecule is O=c1nc2ccccc2ncc1NO. The van der Waals surface area contributed by atoms with Gasteiger partial charge < -0.3 is 0 Å².